The molecule has 1 amide bonds. The average Bonchev–Trinajstić information content (AvgIpc) is 3.33. The highest BCUT2D eigenvalue weighted by Gasteiger charge is 2.40. The molecule has 2 fully saturated rings. The number of rotatable bonds is 5. The number of fused-ring (bicyclic) bond motifs is 1. The average molecular weight is 410 g/mol. The third-order valence-corrected chi connectivity index (χ3v) is 7.73. The van der Waals surface area contributed by atoms with Crippen LogP contribution >= 0.6 is 11.8 Å². The molecule has 3 N–H and O–H groups in total. The van der Waals surface area contributed by atoms with Gasteiger partial charge in [-0.05, 0) is 37.0 Å². The lowest BCUT2D eigenvalue weighted by Crippen LogP contribution is -2.47. The summed E-state index contributed by atoms with van der Waals surface area (Å²) in [4.78, 5) is 40.1. The van der Waals surface area contributed by atoms with Crippen molar-refractivity contribution in [1.82, 2.24) is 19.6 Å². The predicted octanol–water partition coefficient (Wildman–Crippen LogP) is -0.194. The van der Waals surface area contributed by atoms with Gasteiger partial charge in [-0.15, -0.1) is 11.8 Å². The lowest BCUT2D eigenvalue weighted by atomic mass is 10.3. The van der Waals surface area contributed by atoms with Crippen LogP contribution in [0.5, 0.6) is 0 Å². The molecule has 2 heterocycles. The minimum absolute atomic E-state index is 0.0415. The molecule has 1 saturated heterocycles. The largest absolute Gasteiger partial charge is 0.354 e. The summed E-state index contributed by atoms with van der Waals surface area (Å²) in [5.41, 5.74) is -1.12. The van der Waals surface area contributed by atoms with E-state index in [0.717, 1.165) is 12.8 Å². The first-order valence-electron chi connectivity index (χ1n) is 8.50. The van der Waals surface area contributed by atoms with Crippen LogP contribution in [0.15, 0.2) is 32.7 Å². The summed E-state index contributed by atoms with van der Waals surface area (Å²) in [7, 11) is -3.93. The lowest BCUT2D eigenvalue weighted by molar-refractivity contribution is -0.123. The van der Waals surface area contributed by atoms with Crippen LogP contribution in [0.25, 0.3) is 11.0 Å². The molecule has 0 spiro atoms. The molecular formula is C16H18N4O5S2. The van der Waals surface area contributed by atoms with E-state index in [1.165, 1.54) is 34.3 Å². The van der Waals surface area contributed by atoms with Crippen LogP contribution in [0.2, 0.25) is 0 Å². The maximum atomic E-state index is 13.1. The van der Waals surface area contributed by atoms with Crippen molar-refractivity contribution in [3.05, 3.63) is 38.9 Å². The fraction of sp³-hybridized carbons (Fsp3) is 0.438. The Morgan fingerprint density at radius 1 is 1.19 bits per heavy atom. The number of nitrogens with zero attached hydrogens (tertiary/aromatic N) is 1. The molecular weight excluding hydrogens is 392 g/mol. The standard InChI is InChI=1S/C16H18N4O5S2/c21-14(17-6-9-1-2-9)13-7-26-8-20(13)27(24,25)10-3-4-11-12(5-10)19-16(23)15(22)18-11/h3-5,9,13H,1-2,6-8H2,(H,17,21)(H,18,22)(H,19,23). The van der Waals surface area contributed by atoms with E-state index in [1.807, 2.05) is 0 Å². The number of H-pyrrole nitrogens is 2. The zero-order valence-electron chi connectivity index (χ0n) is 14.2. The van der Waals surface area contributed by atoms with Gasteiger partial charge in [-0.2, -0.15) is 4.31 Å². The number of carbonyl (C=O) groups excluding carboxylic acids is 1. The number of aromatic amines is 2. The van der Waals surface area contributed by atoms with E-state index in [0.29, 0.717) is 23.7 Å². The quantitative estimate of drug-likeness (QED) is 0.585. The number of hydrogen-bond acceptors (Lipinski definition) is 6. The highest BCUT2D eigenvalue weighted by Crippen LogP contribution is 2.30. The zero-order valence-corrected chi connectivity index (χ0v) is 15.9. The van der Waals surface area contributed by atoms with E-state index < -0.39 is 27.2 Å². The van der Waals surface area contributed by atoms with Crippen molar-refractivity contribution in [3.63, 3.8) is 0 Å². The summed E-state index contributed by atoms with van der Waals surface area (Å²) < 4.78 is 27.3. The number of benzene rings is 1. The Bertz CT molecular complexity index is 1120. The third kappa shape index (κ3) is 3.54. The minimum Gasteiger partial charge on any atom is -0.354 e. The number of carbonyl (C=O) groups is 1. The molecule has 1 aromatic heterocycles. The van der Waals surface area contributed by atoms with Gasteiger partial charge in [0.1, 0.15) is 6.04 Å². The summed E-state index contributed by atoms with van der Waals surface area (Å²) >= 11 is 1.38. The maximum absolute atomic E-state index is 13.1. The van der Waals surface area contributed by atoms with E-state index in [9.17, 15) is 22.8 Å². The Balaban J connectivity index is 1.64. The number of thioether (sulfide) groups is 1. The number of amides is 1. The van der Waals surface area contributed by atoms with Crippen LogP contribution in [0.1, 0.15) is 12.8 Å². The zero-order chi connectivity index (χ0) is 19.2. The Morgan fingerprint density at radius 2 is 1.89 bits per heavy atom. The van der Waals surface area contributed by atoms with Gasteiger partial charge >= 0.3 is 11.1 Å². The molecule has 1 saturated carbocycles. The van der Waals surface area contributed by atoms with E-state index >= 15 is 0 Å². The van der Waals surface area contributed by atoms with Gasteiger partial charge in [-0.1, -0.05) is 0 Å². The van der Waals surface area contributed by atoms with E-state index in [1.54, 1.807) is 0 Å². The minimum atomic E-state index is -3.93. The van der Waals surface area contributed by atoms with E-state index in [2.05, 4.69) is 15.3 Å². The Hall–Kier alpha value is -2.11. The highest BCUT2D eigenvalue weighted by atomic mass is 32.2. The molecule has 1 aromatic carbocycles. The molecule has 11 heteroatoms. The second-order valence-corrected chi connectivity index (χ2v) is 9.60. The molecule has 2 aliphatic rings. The van der Waals surface area contributed by atoms with Crippen molar-refractivity contribution in [3.8, 4) is 0 Å². The van der Waals surface area contributed by atoms with Gasteiger partial charge in [0.05, 0.1) is 21.8 Å². The van der Waals surface area contributed by atoms with Crippen molar-refractivity contribution in [1.29, 1.82) is 0 Å². The van der Waals surface area contributed by atoms with Gasteiger partial charge in [0.15, 0.2) is 0 Å². The first-order valence-corrected chi connectivity index (χ1v) is 11.1. The van der Waals surface area contributed by atoms with Crippen LogP contribution in [0.3, 0.4) is 0 Å². The molecule has 0 radical (unpaired) electrons. The molecule has 9 nitrogen and oxygen atoms in total. The summed E-state index contributed by atoms with van der Waals surface area (Å²) in [6, 6.07) is 3.31. The van der Waals surface area contributed by atoms with Crippen molar-refractivity contribution >= 4 is 38.7 Å². The molecule has 4 rings (SSSR count). The van der Waals surface area contributed by atoms with Crippen LogP contribution in [-0.2, 0) is 14.8 Å². The van der Waals surface area contributed by atoms with Crippen LogP contribution in [0.4, 0.5) is 0 Å². The summed E-state index contributed by atoms with van der Waals surface area (Å²) in [6.45, 7) is 0.582. The fourth-order valence-corrected chi connectivity index (χ4v) is 6.12. The number of hydrogen-bond donors (Lipinski definition) is 3. The molecule has 1 atom stereocenters. The lowest BCUT2D eigenvalue weighted by Gasteiger charge is -2.22. The van der Waals surface area contributed by atoms with Gasteiger partial charge in [-0.25, -0.2) is 8.42 Å². The van der Waals surface area contributed by atoms with E-state index in [4.69, 9.17) is 0 Å². The van der Waals surface area contributed by atoms with Gasteiger partial charge < -0.3 is 15.3 Å². The molecule has 0 bridgehead atoms. The Kier molecular flexibility index (Phi) is 4.60. The predicted molar refractivity (Wildman–Crippen MR) is 101 cm³/mol. The Labute approximate surface area is 158 Å². The van der Waals surface area contributed by atoms with Gasteiger partial charge in [0.25, 0.3) is 0 Å². The second-order valence-electron chi connectivity index (χ2n) is 6.71. The van der Waals surface area contributed by atoms with Crippen molar-refractivity contribution in [2.24, 2.45) is 5.92 Å². The monoisotopic (exact) mass is 410 g/mol. The molecule has 144 valence electrons. The first kappa shape index (κ1) is 18.3. The van der Waals surface area contributed by atoms with Crippen molar-refractivity contribution < 1.29 is 13.2 Å². The molecule has 1 unspecified atom stereocenters. The fourth-order valence-electron chi connectivity index (χ4n) is 2.95. The number of sulfonamides is 1. The molecule has 27 heavy (non-hydrogen) atoms. The van der Waals surface area contributed by atoms with Gasteiger partial charge in [0, 0.05) is 12.3 Å². The topological polar surface area (TPSA) is 132 Å². The summed E-state index contributed by atoms with van der Waals surface area (Å²) in [5.74, 6) is 0.804. The number of aromatic nitrogens is 2. The second kappa shape index (κ2) is 6.80. The summed E-state index contributed by atoms with van der Waals surface area (Å²) in [6.07, 6.45) is 2.19. The smallest absolute Gasteiger partial charge is 0.314 e. The van der Waals surface area contributed by atoms with Crippen LogP contribution in [0, 0.1) is 5.92 Å². The van der Waals surface area contributed by atoms with Crippen molar-refractivity contribution in [2.45, 2.75) is 23.8 Å². The third-order valence-electron chi connectivity index (χ3n) is 4.71. The van der Waals surface area contributed by atoms with E-state index in [-0.39, 0.29) is 22.2 Å². The van der Waals surface area contributed by atoms with Crippen LogP contribution < -0.4 is 16.4 Å². The molecule has 1 aliphatic heterocycles. The number of nitrogens with one attached hydrogen (secondary N) is 3. The van der Waals surface area contributed by atoms with Crippen LogP contribution in [-0.4, -0.2) is 52.8 Å². The SMILES string of the molecule is O=C(NCC1CC1)C1CSCN1S(=O)(=O)c1ccc2[nH]c(=O)c(=O)[nH]c2c1. The van der Waals surface area contributed by atoms with Gasteiger partial charge in [-0.3, -0.25) is 14.4 Å². The summed E-state index contributed by atoms with van der Waals surface area (Å²) in [5, 5.41) is 2.84. The first-order chi connectivity index (χ1) is 12.9. The van der Waals surface area contributed by atoms with Crippen molar-refractivity contribution in [2.75, 3.05) is 18.2 Å². The molecule has 1 aliphatic carbocycles. The Morgan fingerprint density at radius 3 is 2.59 bits per heavy atom. The maximum Gasteiger partial charge on any atom is 0.314 e. The highest BCUT2D eigenvalue weighted by molar-refractivity contribution is 8.00. The van der Waals surface area contributed by atoms with Gasteiger partial charge in [0.2, 0.25) is 15.9 Å². The normalized spacial score (nSPS) is 20.8. The molecule has 2 aromatic rings.